The van der Waals surface area contributed by atoms with Gasteiger partial charge in [0.25, 0.3) is 12.0 Å². The van der Waals surface area contributed by atoms with Crippen molar-refractivity contribution in [2.45, 2.75) is 19.8 Å². The summed E-state index contributed by atoms with van der Waals surface area (Å²) in [7, 11) is 1.16. The highest BCUT2D eigenvalue weighted by Crippen LogP contribution is 2.21. The summed E-state index contributed by atoms with van der Waals surface area (Å²) in [6, 6.07) is 0. The molecule has 0 spiro atoms. The Morgan fingerprint density at radius 2 is 2.19 bits per heavy atom. The normalized spacial score (nSPS) is 10.6. The van der Waals surface area contributed by atoms with Crippen LogP contribution in [-0.2, 0) is 16.0 Å². The van der Waals surface area contributed by atoms with Crippen molar-refractivity contribution in [1.29, 1.82) is 0 Å². The van der Waals surface area contributed by atoms with Crippen molar-refractivity contribution in [2.75, 3.05) is 7.11 Å². The lowest BCUT2D eigenvalue weighted by atomic mass is 10.0. The third-order valence-corrected chi connectivity index (χ3v) is 2.23. The van der Waals surface area contributed by atoms with Gasteiger partial charge < -0.3 is 9.72 Å². The van der Waals surface area contributed by atoms with Crippen molar-refractivity contribution < 1.29 is 18.3 Å². The summed E-state index contributed by atoms with van der Waals surface area (Å²) in [5.74, 6) is -0.657. The van der Waals surface area contributed by atoms with Crippen molar-refractivity contribution in [2.24, 2.45) is 0 Å². The first-order valence-corrected chi connectivity index (χ1v) is 4.53. The highest BCUT2D eigenvalue weighted by molar-refractivity contribution is 5.73. The molecule has 6 heteroatoms. The van der Waals surface area contributed by atoms with Gasteiger partial charge in [-0.25, -0.2) is 8.78 Å². The molecule has 0 fully saturated rings. The summed E-state index contributed by atoms with van der Waals surface area (Å²) in [5.41, 5.74) is -1.07. The number of halogens is 2. The van der Waals surface area contributed by atoms with Gasteiger partial charge in [0.05, 0.1) is 19.1 Å². The Morgan fingerprint density at radius 1 is 1.56 bits per heavy atom. The van der Waals surface area contributed by atoms with Gasteiger partial charge >= 0.3 is 5.97 Å². The molecule has 0 aromatic carbocycles. The van der Waals surface area contributed by atoms with Gasteiger partial charge in [-0.15, -0.1) is 0 Å². The number of esters is 1. The molecule has 0 aliphatic rings. The zero-order valence-corrected chi connectivity index (χ0v) is 8.84. The van der Waals surface area contributed by atoms with Crippen LogP contribution in [0.1, 0.15) is 23.1 Å². The minimum Gasteiger partial charge on any atom is -0.469 e. The van der Waals surface area contributed by atoms with Crippen molar-refractivity contribution in [1.82, 2.24) is 4.98 Å². The molecule has 16 heavy (non-hydrogen) atoms. The molecular weight excluding hydrogens is 220 g/mol. The lowest BCUT2D eigenvalue weighted by Gasteiger charge is -2.09. The van der Waals surface area contributed by atoms with Crippen LogP contribution in [0.15, 0.2) is 11.0 Å². The molecule has 1 aromatic rings. The number of alkyl halides is 2. The van der Waals surface area contributed by atoms with Crippen LogP contribution in [0, 0.1) is 6.92 Å². The Hall–Kier alpha value is -1.72. The summed E-state index contributed by atoms with van der Waals surface area (Å²) in [6.45, 7) is 1.54. The Bertz CT molecular complexity index is 454. The fraction of sp³-hybridized carbons (Fsp3) is 0.400. The average molecular weight is 231 g/mol. The number of methoxy groups -OCH3 is 1. The van der Waals surface area contributed by atoms with Gasteiger partial charge in [0.15, 0.2) is 0 Å². The molecule has 1 aromatic heterocycles. The third kappa shape index (κ3) is 2.44. The van der Waals surface area contributed by atoms with Gasteiger partial charge in [-0.3, -0.25) is 9.59 Å². The maximum Gasteiger partial charge on any atom is 0.310 e. The molecule has 1 heterocycles. The van der Waals surface area contributed by atoms with Crippen LogP contribution in [0.25, 0.3) is 0 Å². The molecule has 0 radical (unpaired) electrons. The molecule has 1 N–H and O–H groups in total. The minimum absolute atomic E-state index is 0.0330. The number of rotatable bonds is 3. The predicted octanol–water partition coefficient (Wildman–Crippen LogP) is 1.34. The second-order valence-corrected chi connectivity index (χ2v) is 3.25. The number of carbonyl (C=O) groups excluding carboxylic acids is 1. The molecule has 4 nitrogen and oxygen atoms in total. The van der Waals surface area contributed by atoms with E-state index in [9.17, 15) is 18.4 Å². The van der Waals surface area contributed by atoms with Crippen molar-refractivity contribution in [3.63, 3.8) is 0 Å². The van der Waals surface area contributed by atoms with E-state index in [-0.39, 0.29) is 12.0 Å². The molecule has 0 saturated carbocycles. The van der Waals surface area contributed by atoms with Crippen molar-refractivity contribution in [3.05, 3.63) is 33.2 Å². The Labute approximate surface area is 90.2 Å². The molecule has 0 aliphatic carbocycles. The van der Waals surface area contributed by atoms with Crippen LogP contribution in [0.5, 0.6) is 0 Å². The van der Waals surface area contributed by atoms with E-state index in [1.807, 2.05) is 0 Å². The van der Waals surface area contributed by atoms with Crippen molar-refractivity contribution >= 4 is 5.97 Å². The first-order chi connectivity index (χ1) is 7.47. The number of aromatic nitrogens is 1. The van der Waals surface area contributed by atoms with Crippen LogP contribution < -0.4 is 5.56 Å². The highest BCUT2D eigenvalue weighted by atomic mass is 19.3. The number of hydrogen-bond acceptors (Lipinski definition) is 3. The summed E-state index contributed by atoms with van der Waals surface area (Å²) in [5, 5.41) is 0. The topological polar surface area (TPSA) is 59.2 Å². The lowest BCUT2D eigenvalue weighted by molar-refractivity contribution is -0.139. The van der Waals surface area contributed by atoms with E-state index in [1.165, 1.54) is 6.20 Å². The second kappa shape index (κ2) is 4.87. The number of nitrogens with one attached hydrogen (secondary N) is 1. The fourth-order valence-electron chi connectivity index (χ4n) is 1.37. The monoisotopic (exact) mass is 231 g/mol. The number of carbonyl (C=O) groups is 1. The largest absolute Gasteiger partial charge is 0.469 e. The maximum absolute atomic E-state index is 12.7. The number of aromatic amines is 1. The smallest absolute Gasteiger partial charge is 0.310 e. The zero-order valence-electron chi connectivity index (χ0n) is 8.84. The highest BCUT2D eigenvalue weighted by Gasteiger charge is 2.21. The van der Waals surface area contributed by atoms with E-state index < -0.39 is 23.5 Å². The van der Waals surface area contributed by atoms with E-state index >= 15 is 0 Å². The molecule has 0 amide bonds. The van der Waals surface area contributed by atoms with Crippen LogP contribution in [0.2, 0.25) is 0 Å². The average Bonchev–Trinajstić information content (AvgIpc) is 2.22. The predicted molar refractivity (Wildman–Crippen MR) is 52.5 cm³/mol. The lowest BCUT2D eigenvalue weighted by Crippen LogP contribution is -2.19. The van der Waals surface area contributed by atoms with E-state index in [4.69, 9.17) is 0 Å². The van der Waals surface area contributed by atoms with Crippen LogP contribution in [-0.4, -0.2) is 18.1 Å². The summed E-state index contributed by atoms with van der Waals surface area (Å²) >= 11 is 0. The molecule has 0 unspecified atom stereocenters. The molecule has 88 valence electrons. The van der Waals surface area contributed by atoms with Gasteiger partial charge in [-0.1, -0.05) is 0 Å². The SMILES string of the molecule is COC(=O)Cc1c(C)c[nH]c(=O)c1C(F)F. The van der Waals surface area contributed by atoms with E-state index in [0.717, 1.165) is 7.11 Å². The first-order valence-electron chi connectivity index (χ1n) is 4.53. The molecular formula is C10H11F2NO3. The number of H-pyrrole nitrogens is 1. The first kappa shape index (κ1) is 12.4. The Kier molecular flexibility index (Phi) is 3.76. The summed E-state index contributed by atoms with van der Waals surface area (Å²) < 4.78 is 29.7. The standard InChI is InChI=1S/C10H11F2NO3/c1-5-4-13-10(15)8(9(11)12)6(5)3-7(14)16-2/h4,9H,3H2,1-2H3,(H,13,15). The fourth-order valence-corrected chi connectivity index (χ4v) is 1.37. The van der Waals surface area contributed by atoms with Gasteiger partial charge in [0.2, 0.25) is 0 Å². The minimum atomic E-state index is -2.91. The van der Waals surface area contributed by atoms with E-state index in [0.29, 0.717) is 5.56 Å². The zero-order chi connectivity index (χ0) is 12.3. The Balaban J connectivity index is 3.29. The van der Waals surface area contributed by atoms with Crippen LogP contribution in [0.4, 0.5) is 8.78 Å². The molecule has 0 atom stereocenters. The number of aryl methyl sites for hydroxylation is 1. The molecule has 0 aliphatic heterocycles. The maximum atomic E-state index is 12.7. The van der Waals surface area contributed by atoms with Gasteiger partial charge in [0, 0.05) is 6.20 Å². The van der Waals surface area contributed by atoms with Gasteiger partial charge in [-0.2, -0.15) is 0 Å². The van der Waals surface area contributed by atoms with E-state index in [2.05, 4.69) is 9.72 Å². The van der Waals surface area contributed by atoms with Crippen molar-refractivity contribution in [3.8, 4) is 0 Å². The van der Waals surface area contributed by atoms with E-state index in [1.54, 1.807) is 6.92 Å². The number of ether oxygens (including phenoxy) is 1. The summed E-state index contributed by atoms with van der Waals surface area (Å²) in [4.78, 5) is 24.4. The molecule has 0 saturated heterocycles. The molecule has 1 rings (SSSR count). The van der Waals surface area contributed by atoms with Gasteiger partial charge in [0.1, 0.15) is 0 Å². The van der Waals surface area contributed by atoms with Gasteiger partial charge in [-0.05, 0) is 18.1 Å². The Morgan fingerprint density at radius 3 is 2.69 bits per heavy atom. The number of hydrogen-bond donors (Lipinski definition) is 1. The summed E-state index contributed by atoms with van der Waals surface area (Å²) in [6.07, 6.45) is -1.94. The third-order valence-electron chi connectivity index (χ3n) is 2.23. The quantitative estimate of drug-likeness (QED) is 0.798. The molecule has 0 bridgehead atoms. The number of pyridine rings is 1. The second-order valence-electron chi connectivity index (χ2n) is 3.25. The van der Waals surface area contributed by atoms with Crippen LogP contribution in [0.3, 0.4) is 0 Å². The van der Waals surface area contributed by atoms with Crippen LogP contribution >= 0.6 is 0 Å².